The Morgan fingerprint density at radius 1 is 0.951 bits per heavy atom. The number of rotatable bonds is 12. The fourth-order valence-electron chi connectivity index (χ4n) is 4.66. The molecular weight excluding hydrogens is 542 g/mol. The van der Waals surface area contributed by atoms with Gasteiger partial charge >= 0.3 is 0 Å². The lowest BCUT2D eigenvalue weighted by molar-refractivity contribution is -0.140. The largest absolute Gasteiger partial charge is 0.454 e. The Morgan fingerprint density at radius 3 is 2.34 bits per heavy atom. The molecule has 0 unspecified atom stereocenters. The molecule has 0 aliphatic carbocycles. The normalized spacial score (nSPS) is 13.8. The zero-order chi connectivity index (χ0) is 29.6. The molecule has 0 spiro atoms. The predicted octanol–water partition coefficient (Wildman–Crippen LogP) is 4.04. The second kappa shape index (κ2) is 13.1. The van der Waals surface area contributed by atoms with E-state index < -0.39 is 28.5 Å². The van der Waals surface area contributed by atoms with Crippen LogP contribution in [0.15, 0.2) is 72.8 Å². The second-order valence-electron chi connectivity index (χ2n) is 10.3. The summed E-state index contributed by atoms with van der Waals surface area (Å²) in [5, 5.41) is 3.03. The minimum Gasteiger partial charge on any atom is -0.454 e. The lowest BCUT2D eigenvalue weighted by atomic mass is 10.0. The molecule has 0 bridgehead atoms. The number of carbonyl (C=O) groups excluding carboxylic acids is 2. The van der Waals surface area contributed by atoms with Gasteiger partial charge in [-0.15, -0.1) is 0 Å². The number of anilines is 1. The van der Waals surface area contributed by atoms with Crippen molar-refractivity contribution in [1.29, 1.82) is 0 Å². The summed E-state index contributed by atoms with van der Waals surface area (Å²) < 4.78 is 37.8. The summed E-state index contributed by atoms with van der Waals surface area (Å²) in [4.78, 5) is 29.4. The molecule has 218 valence electrons. The summed E-state index contributed by atoms with van der Waals surface area (Å²) in [6.07, 6.45) is 2.04. The summed E-state index contributed by atoms with van der Waals surface area (Å²) in [6.45, 7) is 5.51. The number of nitrogens with one attached hydrogen (secondary N) is 1. The number of amides is 2. The molecular formula is C31H37N3O6S. The third kappa shape index (κ3) is 7.79. The smallest absolute Gasteiger partial charge is 0.244 e. The minimum absolute atomic E-state index is 0.0350. The minimum atomic E-state index is -3.88. The van der Waals surface area contributed by atoms with Gasteiger partial charge in [-0.25, -0.2) is 8.42 Å². The molecule has 41 heavy (non-hydrogen) atoms. The van der Waals surface area contributed by atoms with Crippen LogP contribution in [0.5, 0.6) is 11.5 Å². The van der Waals surface area contributed by atoms with Crippen LogP contribution in [0.1, 0.15) is 37.0 Å². The summed E-state index contributed by atoms with van der Waals surface area (Å²) in [6, 6.07) is 20.9. The van der Waals surface area contributed by atoms with Crippen LogP contribution in [0.25, 0.3) is 0 Å². The molecule has 0 saturated carbocycles. The molecule has 1 N–H and O–H groups in total. The Balaban J connectivity index is 1.73. The number of fused-ring (bicyclic) bond motifs is 1. The van der Waals surface area contributed by atoms with E-state index in [0.717, 1.165) is 33.7 Å². The van der Waals surface area contributed by atoms with Gasteiger partial charge in [0.25, 0.3) is 0 Å². The van der Waals surface area contributed by atoms with E-state index in [1.165, 1.54) is 4.90 Å². The van der Waals surface area contributed by atoms with Crippen molar-refractivity contribution in [2.75, 3.05) is 23.9 Å². The first-order valence-corrected chi connectivity index (χ1v) is 15.5. The molecule has 0 aromatic heterocycles. The number of carbonyl (C=O) groups is 2. The van der Waals surface area contributed by atoms with E-state index in [0.29, 0.717) is 11.5 Å². The number of hydrogen-bond acceptors (Lipinski definition) is 6. The van der Waals surface area contributed by atoms with Crippen molar-refractivity contribution >= 4 is 27.5 Å². The van der Waals surface area contributed by atoms with Gasteiger partial charge in [0.1, 0.15) is 12.6 Å². The molecule has 1 aliphatic heterocycles. The van der Waals surface area contributed by atoms with Crippen molar-refractivity contribution in [3.05, 3.63) is 89.5 Å². The van der Waals surface area contributed by atoms with Crippen LogP contribution in [-0.2, 0) is 32.6 Å². The molecule has 0 fully saturated rings. The van der Waals surface area contributed by atoms with Crippen LogP contribution >= 0.6 is 0 Å². The quantitative estimate of drug-likeness (QED) is 0.347. The van der Waals surface area contributed by atoms with Crippen molar-refractivity contribution in [2.24, 2.45) is 0 Å². The number of aryl methyl sites for hydroxylation is 1. The van der Waals surface area contributed by atoms with Gasteiger partial charge in [-0.1, -0.05) is 67.1 Å². The van der Waals surface area contributed by atoms with Crippen molar-refractivity contribution in [1.82, 2.24) is 10.2 Å². The first-order chi connectivity index (χ1) is 19.5. The maximum absolute atomic E-state index is 14.2. The van der Waals surface area contributed by atoms with Gasteiger partial charge in [0.05, 0.1) is 11.9 Å². The molecule has 2 amide bonds. The highest BCUT2D eigenvalue weighted by Gasteiger charge is 2.33. The molecule has 3 aromatic carbocycles. The summed E-state index contributed by atoms with van der Waals surface area (Å²) in [7, 11) is -3.88. The van der Waals surface area contributed by atoms with Crippen LogP contribution < -0.4 is 19.1 Å². The molecule has 0 saturated heterocycles. The third-order valence-electron chi connectivity index (χ3n) is 7.03. The van der Waals surface area contributed by atoms with Gasteiger partial charge in [0, 0.05) is 25.1 Å². The first kappa shape index (κ1) is 29.9. The zero-order valence-corrected chi connectivity index (χ0v) is 24.7. The standard InChI is InChI=1S/C31H37N3O6S/c1-5-23(3)32-31(36)27(17-24-11-7-6-8-12-24)33(19-25-13-9-10-22(2)16-25)30(35)20-34(41(4,37)38)26-14-15-28-29(18-26)40-21-39-28/h6-16,18,23,27H,5,17,19-21H2,1-4H3,(H,32,36)/t23-,27+/m1/s1. The summed E-state index contributed by atoms with van der Waals surface area (Å²) in [5.74, 6) is 0.0994. The fourth-order valence-corrected chi connectivity index (χ4v) is 5.50. The molecule has 4 rings (SSSR count). The Hall–Kier alpha value is -4.05. The van der Waals surface area contributed by atoms with Gasteiger partial charge < -0.3 is 19.7 Å². The second-order valence-corrected chi connectivity index (χ2v) is 12.2. The molecule has 9 nitrogen and oxygen atoms in total. The average Bonchev–Trinajstić information content (AvgIpc) is 3.41. The molecule has 1 aliphatic rings. The van der Waals surface area contributed by atoms with Gasteiger partial charge in [-0.05, 0) is 43.5 Å². The topological polar surface area (TPSA) is 105 Å². The van der Waals surface area contributed by atoms with Crippen LogP contribution in [0.4, 0.5) is 5.69 Å². The van der Waals surface area contributed by atoms with Crippen molar-refractivity contribution < 1.29 is 27.5 Å². The third-order valence-corrected chi connectivity index (χ3v) is 8.17. The lowest BCUT2D eigenvalue weighted by Gasteiger charge is -2.34. The Bertz CT molecular complexity index is 1480. The van der Waals surface area contributed by atoms with E-state index >= 15 is 0 Å². The Labute approximate surface area is 242 Å². The number of ether oxygens (including phenoxy) is 2. The molecule has 10 heteroatoms. The van der Waals surface area contributed by atoms with E-state index in [4.69, 9.17) is 9.47 Å². The van der Waals surface area contributed by atoms with Crippen LogP contribution in [0, 0.1) is 6.92 Å². The maximum atomic E-state index is 14.2. The van der Waals surface area contributed by atoms with E-state index in [9.17, 15) is 18.0 Å². The van der Waals surface area contributed by atoms with Gasteiger partial charge in [0.2, 0.25) is 28.6 Å². The van der Waals surface area contributed by atoms with E-state index in [1.807, 2.05) is 75.4 Å². The average molecular weight is 580 g/mol. The summed E-state index contributed by atoms with van der Waals surface area (Å²) >= 11 is 0. The van der Waals surface area contributed by atoms with E-state index in [1.54, 1.807) is 18.2 Å². The molecule has 2 atom stereocenters. The van der Waals surface area contributed by atoms with Crippen molar-refractivity contribution in [3.63, 3.8) is 0 Å². The lowest BCUT2D eigenvalue weighted by Crippen LogP contribution is -2.54. The van der Waals surface area contributed by atoms with Crippen LogP contribution in [0.3, 0.4) is 0 Å². The maximum Gasteiger partial charge on any atom is 0.244 e. The first-order valence-electron chi connectivity index (χ1n) is 13.6. The molecule has 0 radical (unpaired) electrons. The van der Waals surface area contributed by atoms with E-state index in [-0.39, 0.29) is 37.4 Å². The monoisotopic (exact) mass is 579 g/mol. The Kier molecular flexibility index (Phi) is 9.54. The van der Waals surface area contributed by atoms with Crippen LogP contribution in [0.2, 0.25) is 0 Å². The SMILES string of the molecule is CC[C@@H](C)NC(=O)[C@H](Cc1ccccc1)N(Cc1cccc(C)c1)C(=O)CN(c1ccc2c(c1)OCO2)S(C)(=O)=O. The van der Waals surface area contributed by atoms with Gasteiger partial charge in [0.15, 0.2) is 11.5 Å². The highest BCUT2D eigenvalue weighted by molar-refractivity contribution is 7.92. The number of sulfonamides is 1. The highest BCUT2D eigenvalue weighted by atomic mass is 32.2. The molecule has 3 aromatic rings. The van der Waals surface area contributed by atoms with Crippen molar-refractivity contribution in [2.45, 2.75) is 52.2 Å². The van der Waals surface area contributed by atoms with E-state index in [2.05, 4.69) is 5.32 Å². The van der Waals surface area contributed by atoms with Crippen LogP contribution in [-0.4, -0.2) is 56.8 Å². The number of hydrogen-bond donors (Lipinski definition) is 1. The van der Waals surface area contributed by atoms with Gasteiger partial charge in [-0.2, -0.15) is 0 Å². The predicted molar refractivity (Wildman–Crippen MR) is 158 cm³/mol. The number of nitrogens with zero attached hydrogens (tertiary/aromatic N) is 2. The fraction of sp³-hybridized carbons (Fsp3) is 0.355. The summed E-state index contributed by atoms with van der Waals surface area (Å²) in [5.41, 5.74) is 3.00. The van der Waals surface area contributed by atoms with Crippen molar-refractivity contribution in [3.8, 4) is 11.5 Å². The highest BCUT2D eigenvalue weighted by Crippen LogP contribution is 2.36. The zero-order valence-electron chi connectivity index (χ0n) is 23.9. The number of benzene rings is 3. The van der Waals surface area contributed by atoms with Gasteiger partial charge in [-0.3, -0.25) is 13.9 Å². The molecule has 1 heterocycles. The Morgan fingerprint density at radius 2 is 1.66 bits per heavy atom.